The molecule has 0 aromatic rings. The van der Waals surface area contributed by atoms with Gasteiger partial charge >= 0.3 is 11.8 Å². The molecule has 2 amide bonds. The smallest absolute Gasteiger partial charge is 0.326 e. The van der Waals surface area contributed by atoms with E-state index in [0.717, 1.165) is 26.2 Å². The minimum Gasteiger partial charge on any atom is -0.346 e. The number of piperazine rings is 2. The number of carbonyl (C=O) groups excluding carboxylic acids is 2. The lowest BCUT2D eigenvalue weighted by atomic mass is 10.3. The summed E-state index contributed by atoms with van der Waals surface area (Å²) in [6.07, 6.45) is 0. The van der Waals surface area contributed by atoms with Gasteiger partial charge in [-0.2, -0.15) is 0 Å². The first-order valence-electron chi connectivity index (χ1n) is 4.84. The number of amides is 2. The third kappa shape index (κ3) is 1.71. The topological polar surface area (TPSA) is 64.7 Å². The lowest BCUT2D eigenvalue weighted by Crippen LogP contribution is -2.62. The van der Waals surface area contributed by atoms with Gasteiger partial charge in [-0.05, 0) is 0 Å². The molecule has 0 atom stereocenters. The van der Waals surface area contributed by atoms with Crippen LogP contribution in [0.2, 0.25) is 0 Å². The molecule has 0 saturated carbocycles. The number of hydrogen-bond acceptors (Lipinski definition) is 4. The van der Waals surface area contributed by atoms with E-state index < -0.39 is 11.8 Å². The van der Waals surface area contributed by atoms with Crippen molar-refractivity contribution in [3.05, 3.63) is 0 Å². The van der Waals surface area contributed by atoms with E-state index in [1.54, 1.807) is 5.01 Å². The van der Waals surface area contributed by atoms with Gasteiger partial charge in [-0.15, -0.1) is 0 Å². The van der Waals surface area contributed by atoms with Gasteiger partial charge in [-0.1, -0.05) is 0 Å². The number of hydrazine groups is 1. The molecule has 0 bridgehead atoms. The van der Waals surface area contributed by atoms with Crippen LogP contribution in [0.4, 0.5) is 0 Å². The number of nitrogens with one attached hydrogen (secondary N) is 2. The van der Waals surface area contributed by atoms with Crippen molar-refractivity contribution in [2.45, 2.75) is 0 Å². The maximum absolute atomic E-state index is 11.5. The first-order chi connectivity index (χ1) is 6.79. The summed E-state index contributed by atoms with van der Waals surface area (Å²) in [6, 6.07) is 0. The fourth-order valence-corrected chi connectivity index (χ4v) is 1.73. The van der Waals surface area contributed by atoms with Crippen molar-refractivity contribution >= 4 is 11.8 Å². The van der Waals surface area contributed by atoms with Crippen LogP contribution in [0.25, 0.3) is 0 Å². The van der Waals surface area contributed by atoms with Crippen molar-refractivity contribution in [1.29, 1.82) is 0 Å². The van der Waals surface area contributed by atoms with E-state index in [2.05, 4.69) is 10.6 Å². The molecule has 2 saturated heterocycles. The Bertz CT molecular complexity index is 250. The zero-order valence-corrected chi connectivity index (χ0v) is 7.95. The minimum atomic E-state index is -0.491. The Labute approximate surface area is 82.2 Å². The van der Waals surface area contributed by atoms with Gasteiger partial charge in [0.25, 0.3) is 0 Å². The zero-order chi connectivity index (χ0) is 9.97. The number of carbonyl (C=O) groups is 2. The molecule has 0 aromatic heterocycles. The summed E-state index contributed by atoms with van der Waals surface area (Å²) in [6.45, 7) is 4.45. The molecule has 0 aliphatic carbocycles. The van der Waals surface area contributed by atoms with Crippen molar-refractivity contribution in [2.75, 3.05) is 39.3 Å². The summed E-state index contributed by atoms with van der Waals surface area (Å²) in [5.74, 6) is -0.923. The second-order valence-corrected chi connectivity index (χ2v) is 3.39. The van der Waals surface area contributed by atoms with Crippen molar-refractivity contribution in [2.24, 2.45) is 0 Å². The molecule has 0 aromatic carbocycles. The van der Waals surface area contributed by atoms with Crippen LogP contribution in [0.1, 0.15) is 0 Å². The van der Waals surface area contributed by atoms with Crippen LogP contribution in [-0.2, 0) is 9.59 Å². The minimum absolute atomic E-state index is 0.432. The Hall–Kier alpha value is -1.14. The number of rotatable bonds is 1. The van der Waals surface area contributed by atoms with E-state index in [1.807, 2.05) is 5.01 Å². The first kappa shape index (κ1) is 9.42. The van der Waals surface area contributed by atoms with Crippen molar-refractivity contribution in [1.82, 2.24) is 20.7 Å². The van der Waals surface area contributed by atoms with Gasteiger partial charge in [-0.25, -0.2) is 5.01 Å². The van der Waals surface area contributed by atoms with Crippen molar-refractivity contribution in [3.63, 3.8) is 0 Å². The van der Waals surface area contributed by atoms with Gasteiger partial charge in [0, 0.05) is 32.7 Å². The highest BCUT2D eigenvalue weighted by atomic mass is 16.2. The summed E-state index contributed by atoms with van der Waals surface area (Å²) < 4.78 is 0. The Balaban J connectivity index is 2.00. The van der Waals surface area contributed by atoms with Crippen LogP contribution in [0.5, 0.6) is 0 Å². The normalized spacial score (nSPS) is 25.0. The van der Waals surface area contributed by atoms with Gasteiger partial charge in [0.2, 0.25) is 0 Å². The predicted octanol–water partition coefficient (Wildman–Crippen LogP) is -2.23. The lowest BCUT2D eigenvalue weighted by molar-refractivity contribution is -0.162. The van der Waals surface area contributed by atoms with Gasteiger partial charge < -0.3 is 10.6 Å². The molecule has 2 aliphatic heterocycles. The monoisotopic (exact) mass is 198 g/mol. The van der Waals surface area contributed by atoms with Crippen LogP contribution in [0.15, 0.2) is 0 Å². The third-order valence-electron chi connectivity index (χ3n) is 2.47. The van der Waals surface area contributed by atoms with Gasteiger partial charge in [0.05, 0.1) is 6.54 Å². The molecule has 2 N–H and O–H groups in total. The van der Waals surface area contributed by atoms with Crippen LogP contribution >= 0.6 is 0 Å². The van der Waals surface area contributed by atoms with Crippen LogP contribution in [-0.4, -0.2) is 61.1 Å². The molecular weight excluding hydrogens is 184 g/mol. The Morgan fingerprint density at radius 3 is 2.43 bits per heavy atom. The van der Waals surface area contributed by atoms with E-state index in [4.69, 9.17) is 0 Å². The maximum Gasteiger partial charge on any atom is 0.326 e. The summed E-state index contributed by atoms with van der Waals surface area (Å²) in [5.41, 5.74) is 0. The van der Waals surface area contributed by atoms with Crippen molar-refractivity contribution in [3.8, 4) is 0 Å². The Morgan fingerprint density at radius 2 is 1.71 bits per heavy atom. The highest BCUT2D eigenvalue weighted by molar-refractivity contribution is 6.35. The van der Waals surface area contributed by atoms with Gasteiger partial charge in [-0.3, -0.25) is 14.6 Å². The predicted molar refractivity (Wildman–Crippen MR) is 49.2 cm³/mol. The molecule has 2 fully saturated rings. The average molecular weight is 198 g/mol. The molecule has 14 heavy (non-hydrogen) atoms. The molecule has 0 spiro atoms. The number of nitrogens with zero attached hydrogens (tertiary/aromatic N) is 2. The lowest BCUT2D eigenvalue weighted by Gasteiger charge is -2.38. The quantitative estimate of drug-likeness (QED) is 0.468. The summed E-state index contributed by atoms with van der Waals surface area (Å²) in [4.78, 5) is 22.6. The average Bonchev–Trinajstić information content (AvgIpc) is 2.23. The van der Waals surface area contributed by atoms with Gasteiger partial charge in [0.1, 0.15) is 0 Å². The van der Waals surface area contributed by atoms with Gasteiger partial charge in [0.15, 0.2) is 0 Å². The molecule has 0 radical (unpaired) electrons. The standard InChI is InChI=1S/C8H14N4O2/c13-7-8(14)12(6-3-10-7)11-4-1-9-2-5-11/h9H,1-6H2,(H,10,13). The molecule has 78 valence electrons. The van der Waals surface area contributed by atoms with E-state index in [1.165, 1.54) is 0 Å². The van der Waals surface area contributed by atoms with Crippen molar-refractivity contribution < 1.29 is 9.59 Å². The highest BCUT2D eigenvalue weighted by Gasteiger charge is 2.30. The molecule has 6 heteroatoms. The first-order valence-corrected chi connectivity index (χ1v) is 4.84. The largest absolute Gasteiger partial charge is 0.346 e. The van der Waals surface area contributed by atoms with E-state index >= 15 is 0 Å². The second kappa shape index (κ2) is 3.93. The Kier molecular flexibility index (Phi) is 2.64. The van der Waals surface area contributed by atoms with E-state index in [0.29, 0.717) is 13.1 Å². The highest BCUT2D eigenvalue weighted by Crippen LogP contribution is 2.03. The maximum atomic E-state index is 11.5. The SMILES string of the molecule is O=C1NCCN(N2CCNCC2)C1=O. The van der Waals surface area contributed by atoms with E-state index in [9.17, 15) is 9.59 Å². The molecule has 2 heterocycles. The van der Waals surface area contributed by atoms with E-state index in [-0.39, 0.29) is 0 Å². The number of hydrogen-bond donors (Lipinski definition) is 2. The second-order valence-electron chi connectivity index (χ2n) is 3.39. The molecule has 6 nitrogen and oxygen atoms in total. The fourth-order valence-electron chi connectivity index (χ4n) is 1.73. The van der Waals surface area contributed by atoms with Crippen LogP contribution in [0.3, 0.4) is 0 Å². The summed E-state index contributed by atoms with van der Waals surface area (Å²) in [5, 5.41) is 9.23. The molecular formula is C8H14N4O2. The molecule has 0 unspecified atom stereocenters. The summed E-state index contributed by atoms with van der Waals surface area (Å²) in [7, 11) is 0. The molecule has 2 rings (SSSR count). The summed E-state index contributed by atoms with van der Waals surface area (Å²) >= 11 is 0. The fraction of sp³-hybridized carbons (Fsp3) is 0.750. The van der Waals surface area contributed by atoms with Crippen LogP contribution < -0.4 is 10.6 Å². The molecule has 2 aliphatic rings. The third-order valence-corrected chi connectivity index (χ3v) is 2.47. The van der Waals surface area contributed by atoms with Crippen LogP contribution in [0, 0.1) is 0 Å². The Morgan fingerprint density at radius 1 is 1.00 bits per heavy atom. The zero-order valence-electron chi connectivity index (χ0n) is 7.95.